The number of benzene rings is 2. The van der Waals surface area contributed by atoms with Crippen molar-refractivity contribution in [1.82, 2.24) is 14.9 Å². The van der Waals surface area contributed by atoms with Gasteiger partial charge in [-0.2, -0.15) is 0 Å². The van der Waals surface area contributed by atoms with Gasteiger partial charge in [-0.1, -0.05) is 54.2 Å². The molecular formula is C22H24N4OS. The number of aromatic amines is 1. The number of amides is 1. The van der Waals surface area contributed by atoms with Crippen LogP contribution in [0.15, 0.2) is 66.0 Å². The first-order valence-corrected chi connectivity index (χ1v) is 10.5. The van der Waals surface area contributed by atoms with E-state index in [2.05, 4.69) is 46.1 Å². The summed E-state index contributed by atoms with van der Waals surface area (Å²) in [6, 6.07) is 18.6. The number of H-pyrrole nitrogens is 1. The molecule has 1 amide bonds. The molecule has 0 atom stereocenters. The van der Waals surface area contributed by atoms with Gasteiger partial charge >= 0.3 is 0 Å². The van der Waals surface area contributed by atoms with Crippen LogP contribution in [0.5, 0.6) is 0 Å². The number of imidazole rings is 1. The van der Waals surface area contributed by atoms with Gasteiger partial charge in [0.15, 0.2) is 5.16 Å². The Morgan fingerprint density at radius 2 is 1.86 bits per heavy atom. The Morgan fingerprint density at radius 3 is 2.61 bits per heavy atom. The highest BCUT2D eigenvalue weighted by molar-refractivity contribution is 7.99. The van der Waals surface area contributed by atoms with Crippen LogP contribution in [0.4, 0.5) is 5.69 Å². The summed E-state index contributed by atoms with van der Waals surface area (Å²) in [4.78, 5) is 24.6. The SMILES string of the molecule is Cc1cccc(N2CCN(C(=O)CSc3ncc(-c4ccccc4)[nH]3)CC2)c1. The van der Waals surface area contributed by atoms with Crippen molar-refractivity contribution in [2.24, 2.45) is 0 Å². The zero-order valence-corrected chi connectivity index (χ0v) is 16.8. The second-order valence-electron chi connectivity index (χ2n) is 6.96. The van der Waals surface area contributed by atoms with E-state index in [1.807, 2.05) is 41.4 Å². The predicted octanol–water partition coefficient (Wildman–Crippen LogP) is 3.83. The smallest absolute Gasteiger partial charge is 0.233 e. The zero-order valence-electron chi connectivity index (χ0n) is 16.0. The summed E-state index contributed by atoms with van der Waals surface area (Å²) in [7, 11) is 0. The standard InChI is InChI=1S/C22H24N4OS/c1-17-6-5-9-19(14-17)25-10-12-26(13-11-25)21(27)16-28-22-23-15-20(24-22)18-7-3-2-4-8-18/h2-9,14-15H,10-13,16H2,1H3,(H,23,24). The van der Waals surface area contributed by atoms with Crippen molar-refractivity contribution in [3.8, 4) is 11.3 Å². The van der Waals surface area contributed by atoms with E-state index in [1.54, 1.807) is 0 Å². The van der Waals surface area contributed by atoms with Crippen LogP contribution in [0.3, 0.4) is 0 Å². The molecule has 0 spiro atoms. The molecule has 144 valence electrons. The number of thioether (sulfide) groups is 1. The average Bonchev–Trinajstić information content (AvgIpc) is 3.22. The molecule has 5 nitrogen and oxygen atoms in total. The highest BCUT2D eigenvalue weighted by Gasteiger charge is 2.21. The van der Waals surface area contributed by atoms with Gasteiger partial charge in [0, 0.05) is 31.9 Å². The van der Waals surface area contributed by atoms with Crippen molar-refractivity contribution in [3.05, 3.63) is 66.4 Å². The number of carbonyl (C=O) groups excluding carboxylic acids is 1. The molecule has 6 heteroatoms. The van der Waals surface area contributed by atoms with Crippen molar-refractivity contribution in [2.45, 2.75) is 12.1 Å². The minimum absolute atomic E-state index is 0.173. The fourth-order valence-electron chi connectivity index (χ4n) is 3.40. The summed E-state index contributed by atoms with van der Waals surface area (Å²) in [6.45, 7) is 5.39. The van der Waals surface area contributed by atoms with Crippen LogP contribution in [0, 0.1) is 6.92 Å². The molecule has 2 heterocycles. The first-order chi connectivity index (χ1) is 13.7. The fraction of sp³-hybridized carbons (Fsp3) is 0.273. The van der Waals surface area contributed by atoms with Crippen LogP contribution >= 0.6 is 11.8 Å². The molecule has 0 unspecified atom stereocenters. The average molecular weight is 393 g/mol. The van der Waals surface area contributed by atoms with Crippen LogP contribution in [0.2, 0.25) is 0 Å². The van der Waals surface area contributed by atoms with E-state index in [0.717, 1.165) is 42.6 Å². The van der Waals surface area contributed by atoms with Gasteiger partial charge in [-0.25, -0.2) is 4.98 Å². The van der Waals surface area contributed by atoms with E-state index in [0.29, 0.717) is 5.75 Å². The van der Waals surface area contributed by atoms with Crippen LogP contribution in [0.1, 0.15) is 5.56 Å². The summed E-state index contributed by atoms with van der Waals surface area (Å²) >= 11 is 1.47. The van der Waals surface area contributed by atoms with E-state index < -0.39 is 0 Å². The number of aryl methyl sites for hydroxylation is 1. The van der Waals surface area contributed by atoms with E-state index in [4.69, 9.17) is 0 Å². The molecule has 4 rings (SSSR count). The third-order valence-corrected chi connectivity index (χ3v) is 5.84. The third kappa shape index (κ3) is 4.39. The molecule has 2 aromatic carbocycles. The minimum atomic E-state index is 0.173. The van der Waals surface area contributed by atoms with E-state index >= 15 is 0 Å². The molecule has 1 N–H and O–H groups in total. The molecule has 1 aromatic heterocycles. The summed E-state index contributed by atoms with van der Waals surface area (Å²) < 4.78 is 0. The summed E-state index contributed by atoms with van der Waals surface area (Å²) in [5, 5.41) is 0.783. The van der Waals surface area contributed by atoms with Crippen molar-refractivity contribution in [1.29, 1.82) is 0 Å². The topological polar surface area (TPSA) is 52.2 Å². The number of anilines is 1. The molecule has 1 aliphatic heterocycles. The molecule has 0 bridgehead atoms. The van der Waals surface area contributed by atoms with E-state index in [9.17, 15) is 4.79 Å². The lowest BCUT2D eigenvalue weighted by Crippen LogP contribution is -2.49. The first-order valence-electron chi connectivity index (χ1n) is 9.52. The van der Waals surface area contributed by atoms with Crippen LogP contribution in [-0.2, 0) is 4.79 Å². The lowest BCUT2D eigenvalue weighted by atomic mass is 10.2. The van der Waals surface area contributed by atoms with Crippen LogP contribution < -0.4 is 4.90 Å². The van der Waals surface area contributed by atoms with Crippen molar-refractivity contribution < 1.29 is 4.79 Å². The maximum Gasteiger partial charge on any atom is 0.233 e. The van der Waals surface area contributed by atoms with Gasteiger partial charge in [0.05, 0.1) is 17.6 Å². The molecule has 1 saturated heterocycles. The Labute approximate surface area is 169 Å². The Balaban J connectivity index is 1.28. The van der Waals surface area contributed by atoms with Crippen molar-refractivity contribution in [3.63, 3.8) is 0 Å². The summed E-state index contributed by atoms with van der Waals surface area (Å²) in [5.41, 5.74) is 4.58. The van der Waals surface area contributed by atoms with Crippen molar-refractivity contribution >= 4 is 23.4 Å². The highest BCUT2D eigenvalue weighted by atomic mass is 32.2. The monoisotopic (exact) mass is 392 g/mol. The third-order valence-electron chi connectivity index (χ3n) is 4.97. The number of nitrogens with zero attached hydrogens (tertiary/aromatic N) is 3. The molecular weight excluding hydrogens is 368 g/mol. The lowest BCUT2D eigenvalue weighted by Gasteiger charge is -2.36. The second-order valence-corrected chi connectivity index (χ2v) is 7.93. The Hall–Kier alpha value is -2.73. The number of nitrogens with one attached hydrogen (secondary N) is 1. The quantitative estimate of drug-likeness (QED) is 0.671. The van der Waals surface area contributed by atoms with Gasteiger partial charge in [0.1, 0.15) is 0 Å². The van der Waals surface area contributed by atoms with Gasteiger partial charge in [0.2, 0.25) is 5.91 Å². The molecule has 0 saturated carbocycles. The van der Waals surface area contributed by atoms with Crippen LogP contribution in [0.25, 0.3) is 11.3 Å². The van der Waals surface area contributed by atoms with Crippen LogP contribution in [-0.4, -0.2) is 52.7 Å². The predicted molar refractivity (Wildman–Crippen MR) is 115 cm³/mol. The van der Waals surface area contributed by atoms with Gasteiger partial charge in [-0.15, -0.1) is 0 Å². The first kappa shape index (κ1) is 18.6. The Kier molecular flexibility index (Phi) is 5.67. The number of rotatable bonds is 5. The number of carbonyl (C=O) groups is 1. The fourth-order valence-corrected chi connectivity index (χ4v) is 4.15. The highest BCUT2D eigenvalue weighted by Crippen LogP contribution is 2.22. The Morgan fingerprint density at radius 1 is 1.07 bits per heavy atom. The van der Waals surface area contributed by atoms with E-state index in [1.165, 1.54) is 23.0 Å². The summed E-state index contributed by atoms with van der Waals surface area (Å²) in [6.07, 6.45) is 1.82. The molecule has 0 radical (unpaired) electrons. The van der Waals surface area contributed by atoms with Gasteiger partial charge in [-0.05, 0) is 30.2 Å². The second kappa shape index (κ2) is 8.52. The Bertz CT molecular complexity index is 932. The minimum Gasteiger partial charge on any atom is -0.368 e. The largest absolute Gasteiger partial charge is 0.368 e. The van der Waals surface area contributed by atoms with Gasteiger partial charge < -0.3 is 14.8 Å². The molecule has 1 aliphatic rings. The maximum absolute atomic E-state index is 12.6. The lowest BCUT2D eigenvalue weighted by molar-refractivity contribution is -0.128. The number of aromatic nitrogens is 2. The molecule has 0 aliphatic carbocycles. The molecule has 1 fully saturated rings. The van der Waals surface area contributed by atoms with E-state index in [-0.39, 0.29) is 5.91 Å². The summed E-state index contributed by atoms with van der Waals surface area (Å²) in [5.74, 6) is 0.582. The van der Waals surface area contributed by atoms with Gasteiger partial charge in [-0.3, -0.25) is 4.79 Å². The number of piperazine rings is 1. The zero-order chi connectivity index (χ0) is 19.3. The molecule has 28 heavy (non-hydrogen) atoms. The number of hydrogen-bond donors (Lipinski definition) is 1. The molecule has 3 aromatic rings. The number of hydrogen-bond acceptors (Lipinski definition) is 4. The van der Waals surface area contributed by atoms with Crippen molar-refractivity contribution in [2.75, 3.05) is 36.8 Å². The maximum atomic E-state index is 12.6. The normalized spacial score (nSPS) is 14.3. The van der Waals surface area contributed by atoms with Gasteiger partial charge in [0.25, 0.3) is 0 Å².